The Balaban J connectivity index is 2.75. The van der Waals surface area contributed by atoms with Crippen LogP contribution in [0.25, 0.3) is 0 Å². The first-order valence-electron chi connectivity index (χ1n) is 5.01. The summed E-state index contributed by atoms with van der Waals surface area (Å²) in [5.74, 6) is -2.76. The highest BCUT2D eigenvalue weighted by Gasteiger charge is 2.12. The van der Waals surface area contributed by atoms with E-state index in [1.807, 2.05) is 0 Å². The second-order valence-corrected chi connectivity index (χ2v) is 4.98. The van der Waals surface area contributed by atoms with Crippen molar-refractivity contribution in [3.63, 3.8) is 0 Å². The first-order chi connectivity index (χ1) is 8.43. The molecule has 1 amide bonds. The molecule has 5 nitrogen and oxygen atoms in total. The van der Waals surface area contributed by atoms with Crippen molar-refractivity contribution >= 4 is 22.7 Å². The average molecular weight is 273 g/mol. The summed E-state index contributed by atoms with van der Waals surface area (Å²) < 4.78 is 24.8. The number of carboxylic acids is 1. The average Bonchev–Trinajstić information content (AvgIpc) is 2.28. The molecule has 2 N–H and O–H groups in total. The molecule has 0 radical (unpaired) electrons. The summed E-state index contributed by atoms with van der Waals surface area (Å²) in [6.45, 7) is 0. The molecule has 7 heteroatoms. The van der Waals surface area contributed by atoms with E-state index in [0.717, 1.165) is 12.1 Å². The Hall–Kier alpha value is -1.76. The van der Waals surface area contributed by atoms with E-state index in [4.69, 9.17) is 5.11 Å². The number of aromatic carboxylic acids is 1. The minimum Gasteiger partial charge on any atom is -0.478 e. The molecule has 0 aliphatic rings. The van der Waals surface area contributed by atoms with Gasteiger partial charge < -0.3 is 10.4 Å². The standard InChI is InChI=1S/C11H12FNO4S/c1-13-10(14)6-18(17)5-7-2-3-8(11(15)16)9(12)4-7/h2-4H,5-6H2,1H3,(H,13,14)(H,15,16). The van der Waals surface area contributed by atoms with Gasteiger partial charge in [0.15, 0.2) is 0 Å². The highest BCUT2D eigenvalue weighted by Crippen LogP contribution is 2.12. The molecule has 0 aromatic heterocycles. The molecule has 1 aromatic rings. The smallest absolute Gasteiger partial charge is 0.338 e. The molecular formula is C11H12FNO4S. The lowest BCUT2D eigenvalue weighted by Gasteiger charge is -2.04. The number of benzene rings is 1. The Morgan fingerprint density at radius 2 is 2.11 bits per heavy atom. The predicted molar refractivity (Wildman–Crippen MR) is 64.1 cm³/mol. The van der Waals surface area contributed by atoms with Crippen LogP contribution in [0.4, 0.5) is 4.39 Å². The number of halogens is 1. The van der Waals surface area contributed by atoms with E-state index < -0.39 is 28.1 Å². The fraction of sp³-hybridized carbons (Fsp3) is 0.273. The molecule has 1 atom stereocenters. The first-order valence-corrected chi connectivity index (χ1v) is 6.50. The molecule has 0 bridgehead atoms. The quantitative estimate of drug-likeness (QED) is 0.819. The van der Waals surface area contributed by atoms with Gasteiger partial charge in [0.1, 0.15) is 11.6 Å². The third kappa shape index (κ3) is 3.92. The molecule has 1 rings (SSSR count). The van der Waals surface area contributed by atoms with Crippen LogP contribution in [0.1, 0.15) is 15.9 Å². The molecule has 98 valence electrons. The van der Waals surface area contributed by atoms with Crippen molar-refractivity contribution < 1.29 is 23.3 Å². The van der Waals surface area contributed by atoms with Crippen LogP contribution in [0.5, 0.6) is 0 Å². The Bertz CT molecular complexity index is 504. The van der Waals surface area contributed by atoms with E-state index >= 15 is 0 Å². The molecule has 18 heavy (non-hydrogen) atoms. The lowest BCUT2D eigenvalue weighted by molar-refractivity contribution is -0.118. The van der Waals surface area contributed by atoms with Crippen molar-refractivity contribution in [2.45, 2.75) is 5.75 Å². The van der Waals surface area contributed by atoms with Crippen LogP contribution in [0, 0.1) is 5.82 Å². The van der Waals surface area contributed by atoms with E-state index in [0.29, 0.717) is 5.56 Å². The Morgan fingerprint density at radius 3 is 2.61 bits per heavy atom. The zero-order valence-electron chi connectivity index (χ0n) is 9.60. The Labute approximate surface area is 105 Å². The zero-order valence-corrected chi connectivity index (χ0v) is 10.4. The van der Waals surface area contributed by atoms with E-state index in [2.05, 4.69) is 5.32 Å². The van der Waals surface area contributed by atoms with Gasteiger partial charge in [-0.1, -0.05) is 6.07 Å². The third-order valence-corrected chi connectivity index (χ3v) is 3.40. The van der Waals surface area contributed by atoms with Gasteiger partial charge in [-0.2, -0.15) is 0 Å². The lowest BCUT2D eigenvalue weighted by Crippen LogP contribution is -2.24. The van der Waals surface area contributed by atoms with Crippen LogP contribution in [0.3, 0.4) is 0 Å². The van der Waals surface area contributed by atoms with Gasteiger partial charge in [-0.05, 0) is 17.7 Å². The van der Waals surface area contributed by atoms with Crippen LogP contribution >= 0.6 is 0 Å². The summed E-state index contributed by atoms with van der Waals surface area (Å²) in [5.41, 5.74) is -0.0458. The SMILES string of the molecule is CNC(=O)CS(=O)Cc1ccc(C(=O)O)c(F)c1. The van der Waals surface area contributed by atoms with Gasteiger partial charge in [-0.3, -0.25) is 9.00 Å². The number of nitrogens with one attached hydrogen (secondary N) is 1. The van der Waals surface area contributed by atoms with E-state index in [-0.39, 0.29) is 17.4 Å². The number of hydrogen-bond acceptors (Lipinski definition) is 3. The topological polar surface area (TPSA) is 83.5 Å². The van der Waals surface area contributed by atoms with E-state index in [1.54, 1.807) is 0 Å². The van der Waals surface area contributed by atoms with Gasteiger partial charge in [0.25, 0.3) is 0 Å². The predicted octanol–water partition coefficient (Wildman–Crippen LogP) is 0.519. The van der Waals surface area contributed by atoms with Gasteiger partial charge in [0, 0.05) is 23.6 Å². The summed E-state index contributed by atoms with van der Waals surface area (Å²) in [7, 11) is -0.0213. The molecule has 0 aliphatic carbocycles. The molecule has 0 fully saturated rings. The van der Waals surface area contributed by atoms with Crippen LogP contribution in [-0.4, -0.2) is 34.0 Å². The normalized spacial score (nSPS) is 11.9. The molecule has 0 spiro atoms. The van der Waals surface area contributed by atoms with Crippen LogP contribution in [0.15, 0.2) is 18.2 Å². The van der Waals surface area contributed by atoms with E-state index in [1.165, 1.54) is 13.1 Å². The van der Waals surface area contributed by atoms with Gasteiger partial charge in [0.05, 0.1) is 5.56 Å². The molecule has 0 saturated carbocycles. The first kappa shape index (κ1) is 14.3. The summed E-state index contributed by atoms with van der Waals surface area (Å²) in [6.07, 6.45) is 0. The summed E-state index contributed by atoms with van der Waals surface area (Å²) >= 11 is 0. The van der Waals surface area contributed by atoms with Gasteiger partial charge in [-0.25, -0.2) is 9.18 Å². The van der Waals surface area contributed by atoms with E-state index in [9.17, 15) is 18.2 Å². The second kappa shape index (κ2) is 6.25. The molecule has 0 saturated heterocycles. The number of carbonyl (C=O) groups excluding carboxylic acids is 1. The second-order valence-electron chi connectivity index (χ2n) is 3.52. The highest BCUT2D eigenvalue weighted by atomic mass is 32.2. The van der Waals surface area contributed by atoms with Crippen molar-refractivity contribution in [2.75, 3.05) is 12.8 Å². The summed E-state index contributed by atoms with van der Waals surface area (Å²) in [5, 5.41) is 11.0. The number of hydrogen-bond donors (Lipinski definition) is 2. The largest absolute Gasteiger partial charge is 0.478 e. The molecular weight excluding hydrogens is 261 g/mol. The maximum Gasteiger partial charge on any atom is 0.338 e. The summed E-state index contributed by atoms with van der Waals surface area (Å²) in [4.78, 5) is 21.6. The minimum atomic E-state index is -1.45. The fourth-order valence-corrected chi connectivity index (χ4v) is 2.37. The van der Waals surface area contributed by atoms with Crippen molar-refractivity contribution in [2.24, 2.45) is 0 Å². The van der Waals surface area contributed by atoms with Crippen LogP contribution in [0.2, 0.25) is 0 Å². The van der Waals surface area contributed by atoms with Crippen LogP contribution in [-0.2, 0) is 21.3 Å². The fourth-order valence-electron chi connectivity index (χ4n) is 1.28. The molecule has 1 aromatic carbocycles. The number of carbonyl (C=O) groups is 2. The zero-order chi connectivity index (χ0) is 13.7. The maximum absolute atomic E-state index is 13.3. The number of rotatable bonds is 5. The minimum absolute atomic E-state index is 0.00421. The van der Waals surface area contributed by atoms with Crippen molar-refractivity contribution in [3.8, 4) is 0 Å². The monoisotopic (exact) mass is 273 g/mol. The van der Waals surface area contributed by atoms with Gasteiger partial charge in [-0.15, -0.1) is 0 Å². The van der Waals surface area contributed by atoms with Crippen molar-refractivity contribution in [1.29, 1.82) is 0 Å². The highest BCUT2D eigenvalue weighted by molar-refractivity contribution is 7.84. The summed E-state index contributed by atoms with van der Waals surface area (Å²) in [6, 6.07) is 3.52. The Morgan fingerprint density at radius 1 is 1.44 bits per heavy atom. The van der Waals surface area contributed by atoms with Gasteiger partial charge >= 0.3 is 5.97 Å². The van der Waals surface area contributed by atoms with Crippen molar-refractivity contribution in [1.82, 2.24) is 5.32 Å². The number of amides is 1. The van der Waals surface area contributed by atoms with Gasteiger partial charge in [0.2, 0.25) is 5.91 Å². The van der Waals surface area contributed by atoms with Crippen molar-refractivity contribution in [3.05, 3.63) is 35.1 Å². The molecule has 1 unspecified atom stereocenters. The lowest BCUT2D eigenvalue weighted by atomic mass is 10.1. The van der Waals surface area contributed by atoms with Crippen LogP contribution < -0.4 is 5.32 Å². The molecule has 0 aliphatic heterocycles. The number of carboxylic acid groups (broad SMARTS) is 1. The third-order valence-electron chi connectivity index (χ3n) is 2.16. The Kier molecular flexibility index (Phi) is 4.96. The molecule has 0 heterocycles. The maximum atomic E-state index is 13.3.